The van der Waals surface area contributed by atoms with Crippen molar-refractivity contribution in [1.82, 2.24) is 0 Å². The average molecular weight is 729 g/mol. The summed E-state index contributed by atoms with van der Waals surface area (Å²) in [6, 6.07) is 0. The molecule has 0 aromatic heterocycles. The van der Waals surface area contributed by atoms with E-state index < -0.39 is 159 Å². The zero-order chi connectivity index (χ0) is 37.8. The van der Waals surface area contributed by atoms with Crippen molar-refractivity contribution in [2.24, 2.45) is 17.8 Å². The van der Waals surface area contributed by atoms with Gasteiger partial charge in [0.1, 0.15) is 42.9 Å². The van der Waals surface area contributed by atoms with Crippen LogP contribution in [0.2, 0.25) is 0 Å². The minimum atomic E-state index is -1.98. The second-order valence-corrected chi connectivity index (χ2v) is 13.1. The highest BCUT2D eigenvalue weighted by molar-refractivity contribution is 5.74. The van der Waals surface area contributed by atoms with Gasteiger partial charge in [0, 0.05) is 25.4 Å². The summed E-state index contributed by atoms with van der Waals surface area (Å²) < 4.78 is 21.5. The molecule has 288 valence electrons. The molecule has 3 heterocycles. The molecule has 0 aliphatic carbocycles. The number of rotatable bonds is 16. The molecule has 0 aromatic carbocycles. The molecule has 0 radical (unpaired) electrons. The summed E-state index contributed by atoms with van der Waals surface area (Å²) >= 11 is 0. The molecule has 3 fully saturated rings. The van der Waals surface area contributed by atoms with E-state index in [-0.39, 0.29) is 6.42 Å². The Kier molecular flexibility index (Phi) is 15.0. The second-order valence-electron chi connectivity index (χ2n) is 13.1. The van der Waals surface area contributed by atoms with Gasteiger partial charge >= 0.3 is 17.9 Å². The molecule has 19 unspecified atom stereocenters. The van der Waals surface area contributed by atoms with E-state index in [1.54, 1.807) is 0 Å². The summed E-state index contributed by atoms with van der Waals surface area (Å²) in [7, 11) is 1.07. The number of carboxylic acid groups (broad SMARTS) is 3. The van der Waals surface area contributed by atoms with Crippen LogP contribution in [0.4, 0.5) is 0 Å². The fraction of sp³-hybridized carbons (Fsp3) is 0.867. The van der Waals surface area contributed by atoms with Crippen LogP contribution in [0.1, 0.15) is 39.0 Å². The lowest BCUT2D eigenvalue weighted by molar-refractivity contribution is -0.256. The van der Waals surface area contributed by atoms with Crippen LogP contribution in [-0.2, 0) is 38.1 Å². The smallest absolute Gasteiger partial charge is 0.335 e. The molecule has 0 amide bonds. The molecule has 0 aromatic rings. The number of carbonyl (C=O) groups excluding carboxylic acids is 1. The van der Waals surface area contributed by atoms with Gasteiger partial charge < -0.3 is 85.0 Å². The van der Waals surface area contributed by atoms with Crippen molar-refractivity contribution in [3.05, 3.63) is 0 Å². The highest BCUT2D eigenvalue weighted by atomic mass is 16.6. The number of aliphatic carboxylic acids is 3. The lowest BCUT2D eigenvalue weighted by atomic mass is 9.75. The van der Waals surface area contributed by atoms with Crippen LogP contribution in [0.5, 0.6) is 0 Å². The van der Waals surface area contributed by atoms with E-state index in [0.29, 0.717) is 6.29 Å². The van der Waals surface area contributed by atoms with Crippen LogP contribution in [0.25, 0.3) is 0 Å². The van der Waals surface area contributed by atoms with Gasteiger partial charge in [0.05, 0.1) is 42.7 Å². The third kappa shape index (κ3) is 8.95. The molecule has 20 heteroatoms. The fourth-order valence-electron chi connectivity index (χ4n) is 7.12. The number of carboxylic acids is 3. The lowest BCUT2D eigenvalue weighted by Gasteiger charge is -2.48. The topological polar surface area (TPSA) is 348 Å². The highest BCUT2D eigenvalue weighted by Gasteiger charge is 2.55. The largest absolute Gasteiger partial charge is 0.479 e. The van der Waals surface area contributed by atoms with Crippen molar-refractivity contribution in [2.75, 3.05) is 7.11 Å². The Balaban J connectivity index is 1.80. The average Bonchev–Trinajstić information content (AvgIpc) is 3.07. The first-order valence-electron chi connectivity index (χ1n) is 16.1. The van der Waals surface area contributed by atoms with Crippen LogP contribution in [0.15, 0.2) is 0 Å². The number of aliphatic hydroxyl groups excluding tert-OH is 9. The van der Waals surface area contributed by atoms with Crippen LogP contribution >= 0.6 is 0 Å². The Morgan fingerprint density at radius 2 is 1.08 bits per heavy atom. The molecule has 20 nitrogen and oxygen atoms in total. The minimum Gasteiger partial charge on any atom is -0.479 e. The van der Waals surface area contributed by atoms with Gasteiger partial charge in [-0.05, 0) is 31.6 Å². The number of hydrogen-bond acceptors (Lipinski definition) is 17. The van der Waals surface area contributed by atoms with Crippen LogP contribution in [0, 0.1) is 17.8 Å². The van der Waals surface area contributed by atoms with Crippen LogP contribution < -0.4 is 0 Å². The van der Waals surface area contributed by atoms with Gasteiger partial charge in [-0.15, -0.1) is 0 Å². The first kappa shape index (κ1) is 42.0. The van der Waals surface area contributed by atoms with E-state index in [0.717, 1.165) is 7.11 Å². The van der Waals surface area contributed by atoms with Gasteiger partial charge in [0.25, 0.3) is 0 Å². The predicted molar refractivity (Wildman–Crippen MR) is 159 cm³/mol. The summed E-state index contributed by atoms with van der Waals surface area (Å²) in [5, 5.41) is 125. The minimum absolute atomic E-state index is 0.0444. The van der Waals surface area contributed by atoms with Gasteiger partial charge in [-0.2, -0.15) is 0 Å². The molecule has 0 bridgehead atoms. The van der Waals surface area contributed by atoms with Gasteiger partial charge in [-0.3, -0.25) is 0 Å². The zero-order valence-electron chi connectivity index (χ0n) is 27.2. The number of aliphatic hydroxyl groups is 9. The van der Waals surface area contributed by atoms with Gasteiger partial charge in [-0.1, -0.05) is 6.92 Å². The third-order valence-corrected chi connectivity index (χ3v) is 10.0. The molecule has 3 saturated heterocycles. The van der Waals surface area contributed by atoms with Gasteiger partial charge in [0.15, 0.2) is 18.3 Å². The Labute approximate surface area is 285 Å². The molecule has 50 heavy (non-hydrogen) atoms. The fourth-order valence-corrected chi connectivity index (χ4v) is 7.12. The maximum Gasteiger partial charge on any atom is 0.335 e. The molecule has 19 atom stereocenters. The molecule has 3 aliphatic rings. The van der Waals surface area contributed by atoms with Gasteiger partial charge in [0.2, 0.25) is 0 Å². The van der Waals surface area contributed by atoms with Crippen LogP contribution in [0.3, 0.4) is 0 Å². The van der Waals surface area contributed by atoms with Crippen molar-refractivity contribution in [1.29, 1.82) is 0 Å². The number of aldehydes is 1. The van der Waals surface area contributed by atoms with Crippen molar-refractivity contribution >= 4 is 24.2 Å². The maximum absolute atomic E-state index is 12.3. The van der Waals surface area contributed by atoms with E-state index in [2.05, 4.69) is 0 Å². The second kappa shape index (κ2) is 17.9. The molecule has 3 aliphatic heterocycles. The monoisotopic (exact) mass is 728 g/mol. The molecule has 0 spiro atoms. The quantitative estimate of drug-likeness (QED) is 0.0661. The summed E-state index contributed by atoms with van der Waals surface area (Å²) in [5.41, 5.74) is 0. The lowest BCUT2D eigenvalue weighted by Crippen LogP contribution is -2.63. The normalized spacial score (nSPS) is 41.8. The number of ether oxygens (including phenoxy) is 4. The number of methoxy groups -OCH3 is 1. The van der Waals surface area contributed by atoms with E-state index in [4.69, 9.17) is 18.9 Å². The SMILES string of the molecule is CCC(O)C(O)C(O)C(CC=O)CC1OC(C(=O)O)C(CC2OC(C(=O)O)C(CC3OC(C(=O)O)C(OC)C(O)C3O)C(O)C2O)C(O)C1O. The Morgan fingerprint density at radius 3 is 1.50 bits per heavy atom. The van der Waals surface area contributed by atoms with E-state index in [9.17, 15) is 80.5 Å². The first-order valence-corrected chi connectivity index (χ1v) is 16.1. The number of carbonyl (C=O) groups is 4. The molecular weight excluding hydrogens is 680 g/mol. The summed E-state index contributed by atoms with van der Waals surface area (Å²) in [4.78, 5) is 47.6. The predicted octanol–water partition coefficient (Wildman–Crippen LogP) is -5.18. The first-order chi connectivity index (χ1) is 23.4. The maximum atomic E-state index is 12.3. The molecule has 3 rings (SSSR count). The Morgan fingerprint density at radius 1 is 0.660 bits per heavy atom. The highest BCUT2D eigenvalue weighted by Crippen LogP contribution is 2.40. The standard InChI is InChI=1S/C30H48O20/c1-3-12(32)19(36)16(33)9(4-5-31)6-13-20(37)17(34)10(24(48-13)28(41)42)7-14-21(38)18(35)11(25(49-14)29(43)44)8-15-22(39)23(40)26(47-2)27(50-15)30(45)46/h5,9-27,32-40H,3-4,6-8H2,1-2H3,(H,41,42)(H,43,44)(H,45,46). The van der Waals surface area contributed by atoms with Crippen molar-refractivity contribution in [3.63, 3.8) is 0 Å². The third-order valence-electron chi connectivity index (χ3n) is 10.0. The van der Waals surface area contributed by atoms with Gasteiger partial charge in [-0.25, -0.2) is 14.4 Å². The summed E-state index contributed by atoms with van der Waals surface area (Å²) in [6.45, 7) is 1.52. The van der Waals surface area contributed by atoms with Crippen molar-refractivity contribution in [2.45, 2.75) is 137 Å². The van der Waals surface area contributed by atoms with Crippen molar-refractivity contribution < 1.29 is 99.4 Å². The molecule has 0 saturated carbocycles. The summed E-state index contributed by atoms with van der Waals surface area (Å²) in [6.07, 6.45) is -30.0. The molecular formula is C30H48O20. The Bertz CT molecular complexity index is 1160. The van der Waals surface area contributed by atoms with E-state index in [1.807, 2.05) is 0 Å². The number of hydrogen-bond donors (Lipinski definition) is 12. The Hall–Kier alpha value is -2.44. The van der Waals surface area contributed by atoms with Crippen LogP contribution in [-0.4, -0.2) is 190 Å². The summed E-state index contributed by atoms with van der Waals surface area (Å²) in [5.74, 6) is -9.27. The van der Waals surface area contributed by atoms with E-state index >= 15 is 0 Å². The zero-order valence-corrected chi connectivity index (χ0v) is 27.2. The van der Waals surface area contributed by atoms with E-state index in [1.165, 1.54) is 6.92 Å². The van der Waals surface area contributed by atoms with Crippen molar-refractivity contribution in [3.8, 4) is 0 Å². The molecule has 12 N–H and O–H groups in total.